The zero-order valence-corrected chi connectivity index (χ0v) is 24.7. The minimum Gasteiger partial charge on any atom is -0.378 e. The second kappa shape index (κ2) is 12.4. The molecule has 9 nitrogen and oxygen atoms in total. The van der Waals surface area contributed by atoms with Gasteiger partial charge in [-0.2, -0.15) is 0 Å². The topological polar surface area (TPSA) is 96.7 Å². The Morgan fingerprint density at radius 2 is 1.71 bits per heavy atom. The van der Waals surface area contributed by atoms with Crippen molar-refractivity contribution in [3.8, 4) is 22.6 Å². The number of anilines is 4. The van der Waals surface area contributed by atoms with Gasteiger partial charge >= 0.3 is 0 Å². The molecule has 1 saturated heterocycles. The van der Waals surface area contributed by atoms with Crippen molar-refractivity contribution in [2.45, 2.75) is 6.42 Å². The third-order valence-electron chi connectivity index (χ3n) is 7.48. The first-order chi connectivity index (χ1) is 22.0. The summed E-state index contributed by atoms with van der Waals surface area (Å²) < 4.78 is 35.6. The average Bonchev–Trinajstić information content (AvgIpc) is 3.66. The summed E-state index contributed by atoms with van der Waals surface area (Å²) in [6, 6.07) is 20.7. The van der Waals surface area contributed by atoms with Crippen LogP contribution in [0.4, 0.5) is 31.8 Å². The minimum absolute atomic E-state index is 0.274. The lowest BCUT2D eigenvalue weighted by atomic mass is 10.1. The number of carbonyl (C=O) groups excluding carboxylic acids is 1. The van der Waals surface area contributed by atoms with E-state index in [4.69, 9.17) is 14.7 Å². The summed E-state index contributed by atoms with van der Waals surface area (Å²) in [6.07, 6.45) is 3.20. The number of aromatic nitrogens is 4. The van der Waals surface area contributed by atoms with E-state index in [1.165, 1.54) is 17.4 Å². The predicted molar refractivity (Wildman–Crippen MR) is 171 cm³/mol. The van der Waals surface area contributed by atoms with Crippen molar-refractivity contribution in [1.82, 2.24) is 19.4 Å². The van der Waals surface area contributed by atoms with Crippen molar-refractivity contribution in [1.29, 1.82) is 0 Å². The Morgan fingerprint density at radius 3 is 2.51 bits per heavy atom. The number of hydrogen-bond acceptors (Lipinski definition) is 8. The van der Waals surface area contributed by atoms with Gasteiger partial charge in [0.1, 0.15) is 17.3 Å². The average molecular weight is 624 g/mol. The molecule has 0 aliphatic carbocycles. The molecule has 1 aliphatic rings. The van der Waals surface area contributed by atoms with Crippen molar-refractivity contribution >= 4 is 45.2 Å². The first kappa shape index (κ1) is 28.6. The van der Waals surface area contributed by atoms with Gasteiger partial charge in [0.05, 0.1) is 31.0 Å². The van der Waals surface area contributed by atoms with Crippen LogP contribution in [0.2, 0.25) is 0 Å². The molecule has 3 aromatic heterocycles. The Kier molecular flexibility index (Phi) is 7.89. The number of fused-ring (bicyclic) bond motifs is 1. The molecule has 7 rings (SSSR count). The van der Waals surface area contributed by atoms with Gasteiger partial charge in [-0.1, -0.05) is 18.2 Å². The minimum atomic E-state index is -0.759. The highest BCUT2D eigenvalue weighted by atomic mass is 32.1. The second-order valence-corrected chi connectivity index (χ2v) is 11.3. The van der Waals surface area contributed by atoms with Crippen LogP contribution >= 0.6 is 11.3 Å². The highest BCUT2D eigenvalue weighted by Crippen LogP contribution is 2.35. The van der Waals surface area contributed by atoms with Gasteiger partial charge in [0.25, 0.3) is 0 Å². The van der Waals surface area contributed by atoms with Gasteiger partial charge < -0.3 is 20.3 Å². The van der Waals surface area contributed by atoms with Gasteiger partial charge in [-0.25, -0.2) is 23.7 Å². The molecule has 3 aromatic carbocycles. The van der Waals surface area contributed by atoms with Crippen molar-refractivity contribution in [2.24, 2.45) is 0 Å². The zero-order chi connectivity index (χ0) is 30.8. The summed E-state index contributed by atoms with van der Waals surface area (Å²) in [5, 5.41) is 8.01. The molecule has 226 valence electrons. The van der Waals surface area contributed by atoms with E-state index in [0.29, 0.717) is 23.0 Å². The molecule has 12 heteroatoms. The van der Waals surface area contributed by atoms with Crippen molar-refractivity contribution in [3.05, 3.63) is 108 Å². The molecule has 0 spiro atoms. The van der Waals surface area contributed by atoms with Crippen LogP contribution in [0.3, 0.4) is 0 Å². The summed E-state index contributed by atoms with van der Waals surface area (Å²) in [7, 11) is 0. The molecule has 0 radical (unpaired) electrons. The molecule has 6 aromatic rings. The molecule has 0 unspecified atom stereocenters. The Labute approximate surface area is 261 Å². The third kappa shape index (κ3) is 6.10. The van der Waals surface area contributed by atoms with Crippen LogP contribution in [-0.2, 0) is 16.0 Å². The van der Waals surface area contributed by atoms with Gasteiger partial charge in [-0.3, -0.25) is 9.20 Å². The number of ether oxygens (including phenoxy) is 1. The number of imidazole rings is 1. The number of hydrogen-bond donors (Lipinski definition) is 2. The second-order valence-electron chi connectivity index (χ2n) is 10.4. The largest absolute Gasteiger partial charge is 0.378 e. The van der Waals surface area contributed by atoms with Crippen molar-refractivity contribution in [3.63, 3.8) is 0 Å². The highest BCUT2D eigenvalue weighted by molar-refractivity contribution is 7.15. The molecule has 0 bridgehead atoms. The number of carbonyl (C=O) groups is 1. The van der Waals surface area contributed by atoms with Crippen LogP contribution in [0.15, 0.2) is 90.6 Å². The lowest BCUT2D eigenvalue weighted by Crippen LogP contribution is -2.36. The van der Waals surface area contributed by atoms with Gasteiger partial charge in [0.15, 0.2) is 4.96 Å². The van der Waals surface area contributed by atoms with E-state index < -0.39 is 24.0 Å². The van der Waals surface area contributed by atoms with Crippen LogP contribution < -0.4 is 15.5 Å². The molecule has 1 fully saturated rings. The smallest absolute Gasteiger partial charge is 0.229 e. The number of amides is 1. The maximum atomic E-state index is 14.1. The van der Waals surface area contributed by atoms with Crippen molar-refractivity contribution < 1.29 is 18.3 Å². The number of nitrogens with one attached hydrogen (secondary N) is 2. The predicted octanol–water partition coefficient (Wildman–Crippen LogP) is 6.56. The molecule has 1 aliphatic heterocycles. The number of morpholine rings is 1. The van der Waals surface area contributed by atoms with Crippen LogP contribution in [0.1, 0.15) is 5.56 Å². The van der Waals surface area contributed by atoms with E-state index in [2.05, 4.69) is 32.7 Å². The fourth-order valence-electron chi connectivity index (χ4n) is 5.30. The Balaban J connectivity index is 1.14. The number of halogens is 2. The van der Waals surface area contributed by atoms with E-state index in [1.807, 2.05) is 40.2 Å². The molecule has 4 heterocycles. The normalized spacial score (nSPS) is 13.2. The van der Waals surface area contributed by atoms with Crippen molar-refractivity contribution in [2.75, 3.05) is 41.8 Å². The Bertz CT molecular complexity index is 1970. The third-order valence-corrected chi connectivity index (χ3v) is 8.24. The summed E-state index contributed by atoms with van der Waals surface area (Å²) in [5.74, 6) is -1.62. The summed E-state index contributed by atoms with van der Waals surface area (Å²) >= 11 is 1.49. The maximum Gasteiger partial charge on any atom is 0.229 e. The monoisotopic (exact) mass is 623 g/mol. The molecule has 0 saturated carbocycles. The van der Waals surface area contributed by atoms with E-state index in [1.54, 1.807) is 24.4 Å². The fraction of sp³-hybridized carbons (Fsp3) is 0.152. The molecule has 45 heavy (non-hydrogen) atoms. The van der Waals surface area contributed by atoms with Crippen LogP contribution in [-0.4, -0.2) is 51.6 Å². The van der Waals surface area contributed by atoms with Gasteiger partial charge in [0.2, 0.25) is 11.9 Å². The highest BCUT2D eigenvalue weighted by Gasteiger charge is 2.20. The first-order valence-electron chi connectivity index (χ1n) is 14.3. The maximum absolute atomic E-state index is 14.1. The summed E-state index contributed by atoms with van der Waals surface area (Å²) in [5.41, 5.74) is 5.02. The molecular weight excluding hydrogens is 596 g/mol. The molecular formula is C33H27F2N7O2S. The number of thiazole rings is 1. The first-order valence-corrected chi connectivity index (χ1v) is 15.2. The molecule has 2 N–H and O–H groups in total. The van der Waals surface area contributed by atoms with E-state index in [0.717, 1.165) is 66.0 Å². The number of benzene rings is 3. The van der Waals surface area contributed by atoms with Crippen LogP contribution in [0.25, 0.3) is 27.6 Å². The van der Waals surface area contributed by atoms with Crippen LogP contribution in [0.5, 0.6) is 0 Å². The van der Waals surface area contributed by atoms with E-state index in [9.17, 15) is 13.6 Å². The fourth-order valence-corrected chi connectivity index (χ4v) is 6.01. The number of rotatable bonds is 8. The molecule has 0 atom stereocenters. The van der Waals surface area contributed by atoms with Crippen LogP contribution in [0, 0.1) is 11.6 Å². The van der Waals surface area contributed by atoms with E-state index >= 15 is 0 Å². The van der Waals surface area contributed by atoms with E-state index in [-0.39, 0.29) is 5.56 Å². The lowest BCUT2D eigenvalue weighted by Gasteiger charge is -2.28. The van der Waals surface area contributed by atoms with Gasteiger partial charge in [-0.15, -0.1) is 11.3 Å². The number of nitrogens with zero attached hydrogens (tertiary/aromatic N) is 5. The molecule has 1 amide bonds. The Hall–Kier alpha value is -5.20. The standard InChI is InChI=1S/C33H27F2N7O2S/c34-26-5-2-6-27(35)25(26)20-29(43)37-23-4-1-3-21(19-23)30-31(42-15-18-45-33(42)40-30)28-11-12-36-32(39-28)38-22-7-9-24(10-8-22)41-13-16-44-17-14-41/h1-12,15,18-19H,13-14,16-17,20H2,(H,37,43)(H,36,38,39). The zero-order valence-electron chi connectivity index (χ0n) is 23.9. The summed E-state index contributed by atoms with van der Waals surface area (Å²) in [4.78, 5) is 29.9. The Morgan fingerprint density at radius 1 is 0.933 bits per heavy atom. The summed E-state index contributed by atoms with van der Waals surface area (Å²) in [6.45, 7) is 3.19. The van der Waals surface area contributed by atoms with Gasteiger partial charge in [-0.05, 0) is 54.6 Å². The quantitative estimate of drug-likeness (QED) is 0.198. The van der Waals surface area contributed by atoms with Gasteiger partial charge in [0, 0.05) is 59.1 Å². The lowest BCUT2D eigenvalue weighted by molar-refractivity contribution is -0.115. The SMILES string of the molecule is O=C(Cc1c(F)cccc1F)Nc1cccc(-c2nc3sccn3c2-c2ccnc(Nc3ccc(N4CCOCC4)cc3)n2)c1.